The minimum Gasteiger partial charge on any atom is -0.468 e. The summed E-state index contributed by atoms with van der Waals surface area (Å²) in [6.45, 7) is 2.04. The molecule has 2 heterocycles. The third-order valence-electron chi connectivity index (χ3n) is 3.87. The summed E-state index contributed by atoms with van der Waals surface area (Å²) in [5.74, 6) is -0.425. The molecular formula is C18H19N3O2. The van der Waals surface area contributed by atoms with Crippen molar-refractivity contribution in [3.05, 3.63) is 59.9 Å². The Bertz CT molecular complexity index is 837. The number of hydrogen-bond acceptors (Lipinski definition) is 4. The van der Waals surface area contributed by atoms with Crippen LogP contribution in [0.25, 0.3) is 16.9 Å². The fourth-order valence-electron chi connectivity index (χ4n) is 2.63. The van der Waals surface area contributed by atoms with E-state index in [-0.39, 0.29) is 0 Å². The van der Waals surface area contributed by atoms with Gasteiger partial charge >= 0.3 is 5.97 Å². The van der Waals surface area contributed by atoms with Crippen molar-refractivity contribution < 1.29 is 9.53 Å². The number of nitrogens with two attached hydrogens (primary N) is 1. The largest absolute Gasteiger partial charge is 0.468 e. The number of methoxy groups -OCH3 is 1. The summed E-state index contributed by atoms with van der Waals surface area (Å²) in [7, 11) is 1.34. The number of carbonyl (C=O) groups is 1. The molecule has 0 fully saturated rings. The molecule has 0 aliphatic carbocycles. The zero-order valence-electron chi connectivity index (χ0n) is 13.2. The number of carbonyl (C=O) groups excluding carboxylic acids is 1. The number of aromatic nitrogens is 2. The SMILES string of the molecule is COC(=O)C(N)Cc1c(-c2ccc(C)cc2)nc2ccccn12. The fraction of sp³-hybridized carbons (Fsp3) is 0.222. The second-order valence-corrected chi connectivity index (χ2v) is 5.54. The van der Waals surface area contributed by atoms with E-state index in [4.69, 9.17) is 15.5 Å². The second kappa shape index (κ2) is 6.22. The van der Waals surface area contributed by atoms with Crippen molar-refractivity contribution in [2.24, 2.45) is 5.73 Å². The van der Waals surface area contributed by atoms with Gasteiger partial charge in [0.05, 0.1) is 18.5 Å². The molecule has 0 saturated heterocycles. The standard InChI is InChI=1S/C18H19N3O2/c1-12-6-8-13(9-7-12)17-15(11-14(19)18(22)23-2)21-10-4-3-5-16(21)20-17/h3-10,14H,11,19H2,1-2H3. The van der Waals surface area contributed by atoms with Gasteiger partial charge in [0, 0.05) is 18.2 Å². The van der Waals surface area contributed by atoms with Gasteiger partial charge in [-0.15, -0.1) is 0 Å². The van der Waals surface area contributed by atoms with Crippen molar-refractivity contribution in [2.75, 3.05) is 7.11 Å². The monoisotopic (exact) mass is 309 g/mol. The molecule has 5 heteroatoms. The van der Waals surface area contributed by atoms with Crippen molar-refractivity contribution in [1.82, 2.24) is 9.38 Å². The number of aryl methyl sites for hydroxylation is 1. The molecule has 3 aromatic rings. The van der Waals surface area contributed by atoms with E-state index in [1.54, 1.807) is 0 Å². The van der Waals surface area contributed by atoms with Gasteiger partial charge in [-0.25, -0.2) is 4.98 Å². The molecule has 1 atom stereocenters. The quantitative estimate of drug-likeness (QED) is 0.751. The van der Waals surface area contributed by atoms with Gasteiger partial charge in [0.1, 0.15) is 11.7 Å². The smallest absolute Gasteiger partial charge is 0.323 e. The number of ether oxygens (including phenoxy) is 1. The maximum atomic E-state index is 11.7. The maximum absolute atomic E-state index is 11.7. The zero-order chi connectivity index (χ0) is 16.4. The molecule has 5 nitrogen and oxygen atoms in total. The van der Waals surface area contributed by atoms with Crippen LogP contribution in [0.4, 0.5) is 0 Å². The third-order valence-corrected chi connectivity index (χ3v) is 3.87. The lowest BCUT2D eigenvalue weighted by Gasteiger charge is -2.11. The number of rotatable bonds is 4. The van der Waals surface area contributed by atoms with Crippen LogP contribution in [0.5, 0.6) is 0 Å². The van der Waals surface area contributed by atoms with Gasteiger partial charge in [-0.2, -0.15) is 0 Å². The van der Waals surface area contributed by atoms with E-state index in [9.17, 15) is 4.79 Å². The van der Waals surface area contributed by atoms with Crippen molar-refractivity contribution in [1.29, 1.82) is 0 Å². The van der Waals surface area contributed by atoms with Gasteiger partial charge in [-0.1, -0.05) is 35.9 Å². The van der Waals surface area contributed by atoms with E-state index in [1.807, 2.05) is 60.0 Å². The first-order chi connectivity index (χ1) is 11.1. The Morgan fingerprint density at radius 3 is 2.70 bits per heavy atom. The normalized spacial score (nSPS) is 12.3. The Morgan fingerprint density at radius 2 is 2.00 bits per heavy atom. The predicted octanol–water partition coefficient (Wildman–Crippen LogP) is 2.35. The molecule has 0 saturated carbocycles. The van der Waals surface area contributed by atoms with E-state index < -0.39 is 12.0 Å². The molecule has 0 amide bonds. The van der Waals surface area contributed by atoms with Crippen LogP contribution >= 0.6 is 0 Å². The van der Waals surface area contributed by atoms with Gasteiger partial charge in [0.15, 0.2) is 0 Å². The van der Waals surface area contributed by atoms with Crippen LogP contribution in [0.2, 0.25) is 0 Å². The summed E-state index contributed by atoms with van der Waals surface area (Å²) in [5, 5.41) is 0. The summed E-state index contributed by atoms with van der Waals surface area (Å²) in [6.07, 6.45) is 2.29. The average molecular weight is 309 g/mol. The Hall–Kier alpha value is -2.66. The molecule has 1 unspecified atom stereocenters. The highest BCUT2D eigenvalue weighted by atomic mass is 16.5. The van der Waals surface area contributed by atoms with Gasteiger partial charge in [-0.05, 0) is 19.1 Å². The molecule has 2 N–H and O–H groups in total. The molecule has 0 aliphatic heterocycles. The fourth-order valence-corrected chi connectivity index (χ4v) is 2.63. The van der Waals surface area contributed by atoms with Gasteiger partial charge in [-0.3, -0.25) is 4.79 Å². The van der Waals surface area contributed by atoms with E-state index in [2.05, 4.69) is 0 Å². The molecule has 0 bridgehead atoms. The Kier molecular flexibility index (Phi) is 4.12. The Labute approximate surface area is 134 Å². The number of esters is 1. The molecule has 23 heavy (non-hydrogen) atoms. The van der Waals surface area contributed by atoms with Crippen LogP contribution in [0.1, 0.15) is 11.3 Å². The van der Waals surface area contributed by atoms with Crippen LogP contribution in [0.15, 0.2) is 48.7 Å². The minimum absolute atomic E-state index is 0.362. The molecular weight excluding hydrogens is 290 g/mol. The topological polar surface area (TPSA) is 69.6 Å². The van der Waals surface area contributed by atoms with Crippen LogP contribution in [-0.2, 0) is 16.0 Å². The molecule has 118 valence electrons. The summed E-state index contributed by atoms with van der Waals surface area (Å²) in [6, 6.07) is 13.2. The van der Waals surface area contributed by atoms with Crippen LogP contribution in [-0.4, -0.2) is 28.5 Å². The first-order valence-corrected chi connectivity index (χ1v) is 7.46. The van der Waals surface area contributed by atoms with Crippen molar-refractivity contribution >= 4 is 11.6 Å². The number of pyridine rings is 1. The van der Waals surface area contributed by atoms with Gasteiger partial charge < -0.3 is 14.9 Å². The lowest BCUT2D eigenvalue weighted by atomic mass is 10.0. The molecule has 1 aromatic carbocycles. The number of nitrogens with zero attached hydrogens (tertiary/aromatic N) is 2. The number of fused-ring (bicyclic) bond motifs is 1. The molecule has 0 spiro atoms. The van der Waals surface area contributed by atoms with E-state index in [0.29, 0.717) is 6.42 Å². The van der Waals surface area contributed by atoms with E-state index >= 15 is 0 Å². The Morgan fingerprint density at radius 1 is 1.26 bits per heavy atom. The second-order valence-electron chi connectivity index (χ2n) is 5.54. The first-order valence-electron chi connectivity index (χ1n) is 7.46. The van der Waals surface area contributed by atoms with E-state index in [1.165, 1.54) is 12.7 Å². The summed E-state index contributed by atoms with van der Waals surface area (Å²) in [5.41, 5.74) is 10.7. The highest BCUT2D eigenvalue weighted by Crippen LogP contribution is 2.25. The maximum Gasteiger partial charge on any atom is 0.323 e. The van der Waals surface area contributed by atoms with Crippen LogP contribution in [0, 0.1) is 6.92 Å². The predicted molar refractivity (Wildman–Crippen MR) is 89.1 cm³/mol. The molecule has 0 aliphatic rings. The lowest BCUT2D eigenvalue weighted by Crippen LogP contribution is -2.34. The number of hydrogen-bond donors (Lipinski definition) is 1. The lowest BCUT2D eigenvalue weighted by molar-refractivity contribution is -0.142. The van der Waals surface area contributed by atoms with Crippen LogP contribution < -0.4 is 5.73 Å². The van der Waals surface area contributed by atoms with Gasteiger partial charge in [0.2, 0.25) is 0 Å². The first kappa shape index (κ1) is 15.2. The summed E-state index contributed by atoms with van der Waals surface area (Å²) >= 11 is 0. The highest BCUT2D eigenvalue weighted by Gasteiger charge is 2.21. The average Bonchev–Trinajstić information content (AvgIpc) is 2.93. The number of benzene rings is 1. The minimum atomic E-state index is -0.718. The molecule has 0 radical (unpaired) electrons. The van der Waals surface area contributed by atoms with E-state index in [0.717, 1.165) is 22.6 Å². The van der Waals surface area contributed by atoms with Crippen molar-refractivity contribution in [2.45, 2.75) is 19.4 Å². The van der Waals surface area contributed by atoms with Gasteiger partial charge in [0.25, 0.3) is 0 Å². The third kappa shape index (κ3) is 2.96. The molecule has 3 rings (SSSR count). The Balaban J connectivity index is 2.11. The van der Waals surface area contributed by atoms with Crippen molar-refractivity contribution in [3.8, 4) is 11.3 Å². The molecule has 2 aromatic heterocycles. The van der Waals surface area contributed by atoms with Crippen molar-refractivity contribution in [3.63, 3.8) is 0 Å². The summed E-state index contributed by atoms with van der Waals surface area (Å²) in [4.78, 5) is 16.4. The zero-order valence-corrected chi connectivity index (χ0v) is 13.2. The number of imidazole rings is 1. The summed E-state index contributed by atoms with van der Waals surface area (Å²) < 4.78 is 6.71. The van der Waals surface area contributed by atoms with Crippen LogP contribution in [0.3, 0.4) is 0 Å². The highest BCUT2D eigenvalue weighted by molar-refractivity contribution is 5.76.